The normalized spacial score (nSPS) is 13.4. The van der Waals surface area contributed by atoms with Crippen molar-refractivity contribution in [3.8, 4) is 0 Å². The van der Waals surface area contributed by atoms with Crippen molar-refractivity contribution in [1.29, 1.82) is 0 Å². The van der Waals surface area contributed by atoms with E-state index in [-0.39, 0.29) is 11.3 Å². The van der Waals surface area contributed by atoms with Crippen LogP contribution in [0.25, 0.3) is 0 Å². The van der Waals surface area contributed by atoms with Gasteiger partial charge in [-0.3, -0.25) is 4.79 Å². The summed E-state index contributed by atoms with van der Waals surface area (Å²) in [5, 5.41) is 8.55. The van der Waals surface area contributed by atoms with Gasteiger partial charge in [-0.15, -0.1) is 0 Å². The van der Waals surface area contributed by atoms with E-state index in [9.17, 15) is 13.2 Å². The molecule has 3 N–H and O–H groups in total. The molecule has 0 amide bonds. The molecule has 0 heterocycles. The van der Waals surface area contributed by atoms with Gasteiger partial charge >= 0.3 is 5.97 Å². The minimum atomic E-state index is -3.23. The van der Waals surface area contributed by atoms with Gasteiger partial charge in [0.05, 0.1) is 11.3 Å². The van der Waals surface area contributed by atoms with Crippen molar-refractivity contribution in [3.63, 3.8) is 0 Å². The number of carboxylic acid groups (broad SMARTS) is 1. The van der Waals surface area contributed by atoms with Gasteiger partial charge in [-0.05, 0) is 17.7 Å². The lowest BCUT2D eigenvalue weighted by Gasteiger charge is -2.09. The van der Waals surface area contributed by atoms with Crippen LogP contribution in [-0.4, -0.2) is 25.7 Å². The van der Waals surface area contributed by atoms with Crippen LogP contribution in [0.2, 0.25) is 0 Å². The largest absolute Gasteiger partial charge is 0.481 e. The maximum atomic E-state index is 11.2. The van der Waals surface area contributed by atoms with Gasteiger partial charge in [-0.1, -0.05) is 12.1 Å². The van der Waals surface area contributed by atoms with Crippen LogP contribution < -0.4 is 5.73 Å². The molecule has 1 atom stereocenters. The van der Waals surface area contributed by atoms with Crippen LogP contribution in [0.15, 0.2) is 29.2 Å². The van der Waals surface area contributed by atoms with E-state index in [1.54, 1.807) is 0 Å². The fraction of sp³-hybridized carbons (Fsp3) is 0.300. The first kappa shape index (κ1) is 12.7. The van der Waals surface area contributed by atoms with Gasteiger partial charge in [0.25, 0.3) is 0 Å². The van der Waals surface area contributed by atoms with E-state index in [1.165, 1.54) is 24.3 Å². The number of carboxylic acids is 1. The number of nitrogens with two attached hydrogens (primary N) is 1. The molecule has 1 aromatic rings. The zero-order chi connectivity index (χ0) is 12.3. The molecule has 0 fully saturated rings. The summed E-state index contributed by atoms with van der Waals surface area (Å²) in [6.07, 6.45) is 0.928. The minimum Gasteiger partial charge on any atom is -0.481 e. The number of aliphatic carboxylic acids is 1. The molecule has 1 unspecified atom stereocenters. The molecule has 0 spiro atoms. The molecule has 0 aliphatic carbocycles. The average Bonchev–Trinajstić information content (AvgIpc) is 2.15. The maximum absolute atomic E-state index is 11.2. The van der Waals surface area contributed by atoms with Crippen molar-refractivity contribution < 1.29 is 18.3 Å². The number of benzene rings is 1. The Balaban J connectivity index is 2.91. The Bertz CT molecular complexity index is 478. The Morgan fingerprint density at radius 3 is 2.25 bits per heavy atom. The lowest BCUT2D eigenvalue weighted by molar-refractivity contribution is -0.137. The molecule has 0 aliphatic heterocycles. The zero-order valence-corrected chi connectivity index (χ0v) is 9.57. The smallest absolute Gasteiger partial charge is 0.305 e. The molecule has 0 aromatic heterocycles. The fourth-order valence-corrected chi connectivity index (χ4v) is 1.90. The number of hydrogen-bond acceptors (Lipinski definition) is 4. The first-order valence-electron chi connectivity index (χ1n) is 4.58. The summed E-state index contributed by atoms with van der Waals surface area (Å²) in [5.41, 5.74) is 6.23. The summed E-state index contributed by atoms with van der Waals surface area (Å²) in [4.78, 5) is 10.6. The molecule has 0 aliphatic rings. The number of rotatable bonds is 4. The topological polar surface area (TPSA) is 97.5 Å². The predicted molar refractivity (Wildman–Crippen MR) is 58.7 cm³/mol. The van der Waals surface area contributed by atoms with Gasteiger partial charge in [0, 0.05) is 12.3 Å². The van der Waals surface area contributed by atoms with Crippen LogP contribution in [0, 0.1) is 0 Å². The summed E-state index contributed by atoms with van der Waals surface area (Å²) < 4.78 is 22.3. The van der Waals surface area contributed by atoms with Crippen LogP contribution >= 0.6 is 0 Å². The summed E-state index contributed by atoms with van der Waals surface area (Å²) in [6, 6.07) is 5.29. The standard InChI is InChI=1S/C10H13NO4S/c1-16(14,15)8-4-2-7(3-5-8)9(11)6-10(12)13/h2-5,9H,6,11H2,1H3,(H,12,13). The van der Waals surface area contributed by atoms with E-state index >= 15 is 0 Å². The maximum Gasteiger partial charge on any atom is 0.305 e. The Morgan fingerprint density at radius 1 is 1.38 bits per heavy atom. The number of carbonyl (C=O) groups is 1. The molecule has 0 bridgehead atoms. The Kier molecular flexibility index (Phi) is 3.66. The molecule has 1 rings (SSSR count). The predicted octanol–water partition coefficient (Wildman–Crippen LogP) is 0.565. The van der Waals surface area contributed by atoms with Crippen LogP contribution in [0.4, 0.5) is 0 Å². The third-order valence-electron chi connectivity index (χ3n) is 2.13. The lowest BCUT2D eigenvalue weighted by Crippen LogP contribution is -2.15. The fourth-order valence-electron chi connectivity index (χ4n) is 1.27. The third-order valence-corrected chi connectivity index (χ3v) is 3.26. The highest BCUT2D eigenvalue weighted by Gasteiger charge is 2.12. The van der Waals surface area contributed by atoms with E-state index < -0.39 is 21.8 Å². The third kappa shape index (κ3) is 3.32. The number of hydrogen-bond donors (Lipinski definition) is 2. The van der Waals surface area contributed by atoms with Gasteiger partial charge in [0.15, 0.2) is 9.84 Å². The van der Waals surface area contributed by atoms with Crippen LogP contribution in [0.3, 0.4) is 0 Å². The van der Waals surface area contributed by atoms with Crippen molar-refractivity contribution in [1.82, 2.24) is 0 Å². The van der Waals surface area contributed by atoms with Crippen molar-refractivity contribution in [2.45, 2.75) is 17.4 Å². The summed E-state index contributed by atoms with van der Waals surface area (Å²) >= 11 is 0. The summed E-state index contributed by atoms with van der Waals surface area (Å²) in [5.74, 6) is -0.986. The van der Waals surface area contributed by atoms with E-state index in [0.29, 0.717) is 5.56 Å². The van der Waals surface area contributed by atoms with E-state index in [0.717, 1.165) is 6.26 Å². The van der Waals surface area contributed by atoms with Gasteiger partial charge in [-0.2, -0.15) is 0 Å². The highest BCUT2D eigenvalue weighted by atomic mass is 32.2. The zero-order valence-electron chi connectivity index (χ0n) is 8.75. The second kappa shape index (κ2) is 4.63. The molecule has 6 heteroatoms. The SMILES string of the molecule is CS(=O)(=O)c1ccc(C(N)CC(=O)O)cc1. The van der Waals surface area contributed by atoms with E-state index in [4.69, 9.17) is 10.8 Å². The molecule has 0 saturated heterocycles. The van der Waals surface area contributed by atoms with Gasteiger partial charge < -0.3 is 10.8 Å². The van der Waals surface area contributed by atoms with Gasteiger partial charge in [-0.25, -0.2) is 8.42 Å². The van der Waals surface area contributed by atoms with Crippen molar-refractivity contribution in [2.75, 3.05) is 6.26 Å². The Morgan fingerprint density at radius 2 is 1.88 bits per heavy atom. The first-order valence-corrected chi connectivity index (χ1v) is 6.47. The summed E-state index contributed by atoms with van der Waals surface area (Å²) in [6.45, 7) is 0. The molecule has 1 aromatic carbocycles. The summed E-state index contributed by atoms with van der Waals surface area (Å²) in [7, 11) is -3.23. The second-order valence-corrected chi connectivity index (χ2v) is 5.56. The van der Waals surface area contributed by atoms with E-state index in [1.807, 2.05) is 0 Å². The molecule has 0 radical (unpaired) electrons. The van der Waals surface area contributed by atoms with Crippen molar-refractivity contribution in [3.05, 3.63) is 29.8 Å². The monoisotopic (exact) mass is 243 g/mol. The molecule has 0 saturated carbocycles. The van der Waals surface area contributed by atoms with E-state index in [2.05, 4.69) is 0 Å². The Labute approximate surface area is 93.8 Å². The van der Waals surface area contributed by atoms with Crippen LogP contribution in [-0.2, 0) is 14.6 Å². The number of sulfone groups is 1. The minimum absolute atomic E-state index is 0.182. The van der Waals surface area contributed by atoms with Crippen molar-refractivity contribution >= 4 is 15.8 Å². The molecular formula is C10H13NO4S. The highest BCUT2D eigenvalue weighted by Crippen LogP contribution is 2.17. The van der Waals surface area contributed by atoms with Crippen LogP contribution in [0.5, 0.6) is 0 Å². The highest BCUT2D eigenvalue weighted by molar-refractivity contribution is 7.90. The second-order valence-electron chi connectivity index (χ2n) is 3.55. The van der Waals surface area contributed by atoms with Crippen molar-refractivity contribution in [2.24, 2.45) is 5.73 Å². The Hall–Kier alpha value is -1.40. The first-order chi connectivity index (χ1) is 7.30. The van der Waals surface area contributed by atoms with Gasteiger partial charge in [0.2, 0.25) is 0 Å². The quantitative estimate of drug-likeness (QED) is 0.805. The molecule has 88 valence electrons. The molecule has 5 nitrogen and oxygen atoms in total. The average molecular weight is 243 g/mol. The van der Waals surface area contributed by atoms with Crippen LogP contribution in [0.1, 0.15) is 18.0 Å². The van der Waals surface area contributed by atoms with Gasteiger partial charge in [0.1, 0.15) is 0 Å². The lowest BCUT2D eigenvalue weighted by atomic mass is 10.1. The molecule has 16 heavy (non-hydrogen) atoms. The molecular weight excluding hydrogens is 230 g/mol.